The Bertz CT molecular complexity index is 739. The summed E-state index contributed by atoms with van der Waals surface area (Å²) in [6.07, 6.45) is 2.30. The van der Waals surface area contributed by atoms with Crippen molar-refractivity contribution in [3.8, 4) is 11.1 Å². The molecule has 0 spiro atoms. The van der Waals surface area contributed by atoms with E-state index in [-0.39, 0.29) is 5.91 Å². The first-order valence-electron chi connectivity index (χ1n) is 7.26. The fourth-order valence-electron chi connectivity index (χ4n) is 2.87. The molecular formula is C19H19NO. The van der Waals surface area contributed by atoms with Crippen molar-refractivity contribution >= 4 is 11.5 Å². The Morgan fingerprint density at radius 1 is 1.00 bits per heavy atom. The number of benzene rings is 2. The number of carbonyl (C=O) groups excluding carboxylic acids is 1. The van der Waals surface area contributed by atoms with Gasteiger partial charge in [0.15, 0.2) is 0 Å². The van der Waals surface area contributed by atoms with E-state index in [4.69, 9.17) is 5.73 Å². The lowest BCUT2D eigenvalue weighted by atomic mass is 9.96. The summed E-state index contributed by atoms with van der Waals surface area (Å²) in [5.41, 5.74) is 13.3. The molecule has 0 unspecified atom stereocenters. The molecule has 1 amide bonds. The summed E-state index contributed by atoms with van der Waals surface area (Å²) in [5, 5.41) is 0. The molecule has 21 heavy (non-hydrogen) atoms. The maximum Gasteiger partial charge on any atom is 0.244 e. The van der Waals surface area contributed by atoms with Crippen LogP contribution in [-0.4, -0.2) is 5.91 Å². The highest BCUT2D eigenvalue weighted by Gasteiger charge is 2.12. The van der Waals surface area contributed by atoms with Crippen molar-refractivity contribution in [2.24, 2.45) is 5.73 Å². The molecule has 0 aliphatic heterocycles. The van der Waals surface area contributed by atoms with Gasteiger partial charge in [0, 0.05) is 5.57 Å². The molecule has 0 saturated carbocycles. The molecule has 0 fully saturated rings. The van der Waals surface area contributed by atoms with Crippen LogP contribution in [0.15, 0.2) is 48.0 Å². The summed E-state index contributed by atoms with van der Waals surface area (Å²) >= 11 is 0. The van der Waals surface area contributed by atoms with Crippen LogP contribution < -0.4 is 5.73 Å². The fourth-order valence-corrected chi connectivity index (χ4v) is 2.87. The van der Waals surface area contributed by atoms with Crippen molar-refractivity contribution in [2.45, 2.75) is 26.7 Å². The third kappa shape index (κ3) is 2.49. The highest BCUT2D eigenvalue weighted by atomic mass is 16.1. The molecule has 2 bridgehead atoms. The summed E-state index contributed by atoms with van der Waals surface area (Å²) in [7, 11) is 0. The predicted octanol–water partition coefficient (Wildman–Crippen LogP) is 3.73. The first kappa shape index (κ1) is 13.6. The largest absolute Gasteiger partial charge is 0.366 e. The van der Waals surface area contributed by atoms with Gasteiger partial charge in [-0.25, -0.2) is 0 Å². The normalized spacial score (nSPS) is 14.0. The quantitative estimate of drug-likeness (QED) is 0.853. The number of nitrogens with two attached hydrogens (primary N) is 1. The van der Waals surface area contributed by atoms with E-state index in [1.54, 1.807) is 6.92 Å². The zero-order valence-corrected chi connectivity index (χ0v) is 12.4. The van der Waals surface area contributed by atoms with Crippen molar-refractivity contribution in [3.05, 3.63) is 64.7 Å². The maximum absolute atomic E-state index is 11.3. The fraction of sp³-hybridized carbons (Fsp3) is 0.211. The standard InChI is InChI=1S/C19H19NO/c1-12(13(2)19(20)21)15-6-8-16(9-7-15)18-10-4-14-3-5-17(18)11-14/h4,6-11H,3,5H2,1-2H3,(H2,20,21)/b13-12+. The average molecular weight is 277 g/mol. The van der Waals surface area contributed by atoms with Gasteiger partial charge in [-0.2, -0.15) is 0 Å². The number of carbonyl (C=O) groups is 1. The second-order valence-electron chi connectivity index (χ2n) is 5.68. The smallest absolute Gasteiger partial charge is 0.244 e. The van der Waals surface area contributed by atoms with E-state index in [2.05, 4.69) is 42.5 Å². The second kappa shape index (κ2) is 5.21. The van der Waals surface area contributed by atoms with Gasteiger partial charge in [0.1, 0.15) is 0 Å². The molecule has 0 heterocycles. The maximum atomic E-state index is 11.3. The molecule has 2 N–H and O–H groups in total. The number of allylic oxidation sites excluding steroid dienone is 1. The van der Waals surface area contributed by atoms with Crippen molar-refractivity contribution < 1.29 is 4.79 Å². The lowest BCUT2D eigenvalue weighted by Gasteiger charge is -2.09. The minimum Gasteiger partial charge on any atom is -0.366 e. The number of hydrogen-bond donors (Lipinski definition) is 1. The van der Waals surface area contributed by atoms with E-state index in [1.807, 2.05) is 6.92 Å². The van der Waals surface area contributed by atoms with Crippen molar-refractivity contribution in [1.29, 1.82) is 0 Å². The van der Waals surface area contributed by atoms with Gasteiger partial charge in [-0.15, -0.1) is 0 Å². The van der Waals surface area contributed by atoms with Crippen molar-refractivity contribution in [1.82, 2.24) is 0 Å². The van der Waals surface area contributed by atoms with Crippen LogP contribution in [0, 0.1) is 0 Å². The first-order chi connectivity index (χ1) is 10.1. The second-order valence-corrected chi connectivity index (χ2v) is 5.68. The summed E-state index contributed by atoms with van der Waals surface area (Å²) in [6.45, 7) is 3.70. The molecule has 2 heteroatoms. The SMILES string of the molecule is C/C(C(N)=O)=C(/C)c1ccc(-c2ccc3cc2CC3)cc1. The van der Waals surface area contributed by atoms with Gasteiger partial charge in [-0.3, -0.25) is 4.79 Å². The molecule has 2 aromatic rings. The predicted molar refractivity (Wildman–Crippen MR) is 86.7 cm³/mol. The van der Waals surface area contributed by atoms with Crippen LogP contribution in [0.4, 0.5) is 0 Å². The lowest BCUT2D eigenvalue weighted by Crippen LogP contribution is -2.12. The van der Waals surface area contributed by atoms with Crippen molar-refractivity contribution in [2.75, 3.05) is 0 Å². The molecule has 0 saturated heterocycles. The van der Waals surface area contributed by atoms with E-state index in [0.717, 1.165) is 24.0 Å². The summed E-state index contributed by atoms with van der Waals surface area (Å²) in [4.78, 5) is 11.3. The van der Waals surface area contributed by atoms with Gasteiger partial charge in [-0.1, -0.05) is 42.5 Å². The molecule has 0 aromatic heterocycles. The van der Waals surface area contributed by atoms with E-state index in [0.29, 0.717) is 5.57 Å². The number of amides is 1. The Labute approximate surface area is 125 Å². The van der Waals surface area contributed by atoms with Crippen LogP contribution in [-0.2, 0) is 17.6 Å². The molecule has 0 radical (unpaired) electrons. The molecule has 3 rings (SSSR count). The monoisotopic (exact) mass is 277 g/mol. The van der Waals surface area contributed by atoms with Gasteiger partial charge in [0.2, 0.25) is 5.91 Å². The van der Waals surface area contributed by atoms with E-state index in [1.165, 1.54) is 22.3 Å². The number of fused-ring (bicyclic) bond motifs is 2. The lowest BCUT2D eigenvalue weighted by molar-refractivity contribution is -0.114. The number of rotatable bonds is 3. The summed E-state index contributed by atoms with van der Waals surface area (Å²) in [6, 6.07) is 15.1. The zero-order valence-electron chi connectivity index (χ0n) is 12.4. The molecule has 2 nitrogen and oxygen atoms in total. The highest BCUT2D eigenvalue weighted by Crippen LogP contribution is 2.31. The summed E-state index contributed by atoms with van der Waals surface area (Å²) in [5.74, 6) is -0.361. The number of primary amides is 1. The number of aryl methyl sites for hydroxylation is 2. The topological polar surface area (TPSA) is 43.1 Å². The van der Waals surface area contributed by atoms with Crippen LogP contribution >= 0.6 is 0 Å². The molecule has 1 aliphatic rings. The Morgan fingerprint density at radius 3 is 2.38 bits per heavy atom. The zero-order chi connectivity index (χ0) is 15.0. The Kier molecular flexibility index (Phi) is 3.38. The van der Waals surface area contributed by atoms with Gasteiger partial charge < -0.3 is 5.73 Å². The van der Waals surface area contributed by atoms with E-state index in [9.17, 15) is 4.79 Å². The first-order valence-corrected chi connectivity index (χ1v) is 7.26. The van der Waals surface area contributed by atoms with Crippen molar-refractivity contribution in [3.63, 3.8) is 0 Å². The Hall–Kier alpha value is -2.35. The van der Waals surface area contributed by atoms with Gasteiger partial charge >= 0.3 is 0 Å². The van der Waals surface area contributed by atoms with Gasteiger partial charge in [-0.05, 0) is 60.1 Å². The Morgan fingerprint density at radius 2 is 1.71 bits per heavy atom. The number of hydrogen-bond acceptors (Lipinski definition) is 1. The molecule has 106 valence electrons. The third-order valence-electron chi connectivity index (χ3n) is 4.41. The Balaban J connectivity index is 1.96. The van der Waals surface area contributed by atoms with Gasteiger partial charge in [0.25, 0.3) is 0 Å². The van der Waals surface area contributed by atoms with E-state index < -0.39 is 0 Å². The van der Waals surface area contributed by atoms with Crippen LogP contribution in [0.3, 0.4) is 0 Å². The van der Waals surface area contributed by atoms with Crippen LogP contribution in [0.2, 0.25) is 0 Å². The third-order valence-corrected chi connectivity index (χ3v) is 4.41. The summed E-state index contributed by atoms with van der Waals surface area (Å²) < 4.78 is 0. The minimum absolute atomic E-state index is 0.361. The molecule has 2 aromatic carbocycles. The van der Waals surface area contributed by atoms with Gasteiger partial charge in [0.05, 0.1) is 0 Å². The molecule has 0 atom stereocenters. The minimum atomic E-state index is -0.361. The highest BCUT2D eigenvalue weighted by molar-refractivity contribution is 5.99. The average Bonchev–Trinajstić information content (AvgIpc) is 2.87. The molecule has 1 aliphatic carbocycles. The van der Waals surface area contributed by atoms with Crippen LogP contribution in [0.25, 0.3) is 16.7 Å². The molecular weight excluding hydrogens is 258 g/mol. The van der Waals surface area contributed by atoms with E-state index >= 15 is 0 Å². The van der Waals surface area contributed by atoms with Crippen LogP contribution in [0.5, 0.6) is 0 Å². The van der Waals surface area contributed by atoms with Crippen LogP contribution in [0.1, 0.15) is 30.5 Å².